The highest BCUT2D eigenvalue weighted by Gasteiger charge is 2.76. The van der Waals surface area contributed by atoms with Crippen molar-refractivity contribution >= 4 is 12.1 Å². The third kappa shape index (κ3) is 4.54. The van der Waals surface area contributed by atoms with E-state index < -0.39 is 48.2 Å². The number of esters is 1. The Labute approximate surface area is 157 Å². The lowest BCUT2D eigenvalue weighted by molar-refractivity contribution is -0.376. The molecular formula is C17H20F6O5. The maximum atomic E-state index is 13.4. The van der Waals surface area contributed by atoms with Gasteiger partial charge in [-0.25, -0.2) is 4.79 Å². The van der Waals surface area contributed by atoms with Gasteiger partial charge in [0.15, 0.2) is 0 Å². The highest BCUT2D eigenvalue weighted by Crippen LogP contribution is 2.48. The third-order valence-electron chi connectivity index (χ3n) is 4.56. The average molecular weight is 418 g/mol. The second-order valence-corrected chi connectivity index (χ2v) is 7.88. The highest BCUT2D eigenvalue weighted by molar-refractivity contribution is 5.74. The van der Waals surface area contributed by atoms with Crippen LogP contribution in [0.2, 0.25) is 0 Å². The Morgan fingerprint density at radius 3 is 1.89 bits per heavy atom. The molecule has 2 aliphatic rings. The van der Waals surface area contributed by atoms with Crippen molar-refractivity contribution in [3.8, 4) is 0 Å². The molecule has 3 atom stereocenters. The van der Waals surface area contributed by atoms with E-state index in [1.165, 1.54) is 20.8 Å². The van der Waals surface area contributed by atoms with Gasteiger partial charge in [-0.2, -0.15) is 26.3 Å². The number of halogens is 6. The number of rotatable bonds is 4. The van der Waals surface area contributed by atoms with E-state index in [4.69, 9.17) is 0 Å². The quantitative estimate of drug-likeness (QED) is 0.381. The van der Waals surface area contributed by atoms with Crippen molar-refractivity contribution in [3.63, 3.8) is 0 Å². The number of carbonyl (C=O) groups excluding carboxylic acids is 2. The largest absolute Gasteiger partial charge is 0.510 e. The van der Waals surface area contributed by atoms with Crippen LogP contribution in [0.3, 0.4) is 0 Å². The predicted octanol–water partition coefficient (Wildman–Crippen LogP) is 4.56. The summed E-state index contributed by atoms with van der Waals surface area (Å²) in [6.07, 6.45) is -9.96. The minimum absolute atomic E-state index is 0.0514. The van der Waals surface area contributed by atoms with Gasteiger partial charge in [-0.3, -0.25) is 4.79 Å². The maximum absolute atomic E-state index is 13.4. The molecule has 2 aliphatic carbocycles. The predicted molar refractivity (Wildman–Crippen MR) is 82.0 cm³/mol. The summed E-state index contributed by atoms with van der Waals surface area (Å²) < 4.78 is 92.8. The molecule has 0 amide bonds. The molecule has 0 aliphatic heterocycles. The van der Waals surface area contributed by atoms with Gasteiger partial charge in [0.05, 0.1) is 5.92 Å². The molecule has 2 rings (SSSR count). The van der Waals surface area contributed by atoms with E-state index in [0.717, 1.165) is 0 Å². The Balaban J connectivity index is 2.21. The monoisotopic (exact) mass is 418 g/mol. The molecule has 28 heavy (non-hydrogen) atoms. The molecule has 1 saturated carbocycles. The zero-order chi connectivity index (χ0) is 21.5. The number of hydrogen-bond acceptors (Lipinski definition) is 5. The molecular weight excluding hydrogens is 398 g/mol. The first kappa shape index (κ1) is 22.4. The molecule has 3 unspecified atom stereocenters. The molecule has 11 heteroatoms. The number of allylic oxidation sites excluding steroid dienone is 2. The lowest BCUT2D eigenvalue weighted by Gasteiger charge is -2.36. The Morgan fingerprint density at radius 2 is 1.50 bits per heavy atom. The summed E-state index contributed by atoms with van der Waals surface area (Å²) in [5, 5.41) is 0. The fourth-order valence-electron chi connectivity index (χ4n) is 3.21. The lowest BCUT2D eigenvalue weighted by Crippen LogP contribution is -2.63. The first-order valence-corrected chi connectivity index (χ1v) is 8.46. The van der Waals surface area contributed by atoms with Crippen LogP contribution in [-0.4, -0.2) is 42.3 Å². The van der Waals surface area contributed by atoms with Gasteiger partial charge in [0.1, 0.15) is 12.2 Å². The van der Waals surface area contributed by atoms with Crippen LogP contribution in [0, 0.1) is 17.8 Å². The van der Waals surface area contributed by atoms with E-state index in [1.807, 2.05) is 6.08 Å². The minimum atomic E-state index is -6.10. The molecule has 0 aromatic carbocycles. The van der Waals surface area contributed by atoms with Gasteiger partial charge < -0.3 is 14.2 Å². The van der Waals surface area contributed by atoms with Crippen molar-refractivity contribution in [2.24, 2.45) is 17.8 Å². The summed E-state index contributed by atoms with van der Waals surface area (Å²) in [4.78, 5) is 23.7. The van der Waals surface area contributed by atoms with Crippen molar-refractivity contribution in [2.75, 3.05) is 6.61 Å². The van der Waals surface area contributed by atoms with Gasteiger partial charge in [0.25, 0.3) is 0 Å². The van der Waals surface area contributed by atoms with Gasteiger partial charge in [0, 0.05) is 0 Å². The zero-order valence-corrected chi connectivity index (χ0v) is 15.3. The van der Waals surface area contributed by atoms with Crippen LogP contribution in [-0.2, 0) is 19.0 Å². The summed E-state index contributed by atoms with van der Waals surface area (Å²) >= 11 is 0. The molecule has 0 aromatic rings. The highest BCUT2D eigenvalue weighted by atomic mass is 19.4. The van der Waals surface area contributed by atoms with Gasteiger partial charge >= 0.3 is 30.1 Å². The van der Waals surface area contributed by atoms with E-state index in [2.05, 4.69) is 14.2 Å². The molecule has 0 spiro atoms. The SMILES string of the molecule is CC(C)(C)OC(=O)OC(COC(=O)C1CC2C=CC1C2)(C(F)(F)F)C(F)(F)F. The van der Waals surface area contributed by atoms with Gasteiger partial charge in [-0.15, -0.1) is 0 Å². The van der Waals surface area contributed by atoms with Crippen molar-refractivity contribution in [3.05, 3.63) is 12.2 Å². The number of carbonyl (C=O) groups is 2. The topological polar surface area (TPSA) is 61.8 Å². The Bertz CT molecular complexity index is 632. The summed E-state index contributed by atoms with van der Waals surface area (Å²) in [5.74, 6) is -2.25. The molecule has 0 N–H and O–H groups in total. The van der Waals surface area contributed by atoms with Crippen molar-refractivity contribution in [2.45, 2.75) is 57.2 Å². The fourth-order valence-corrected chi connectivity index (χ4v) is 3.21. The number of alkyl halides is 6. The Morgan fingerprint density at radius 1 is 0.929 bits per heavy atom. The molecule has 2 bridgehead atoms. The molecule has 0 heterocycles. The second kappa shape index (κ2) is 7.14. The third-order valence-corrected chi connectivity index (χ3v) is 4.56. The second-order valence-electron chi connectivity index (χ2n) is 7.88. The first-order valence-electron chi connectivity index (χ1n) is 8.46. The van der Waals surface area contributed by atoms with Gasteiger partial charge in [0.2, 0.25) is 0 Å². The van der Waals surface area contributed by atoms with Crippen LogP contribution in [0.4, 0.5) is 31.1 Å². The zero-order valence-electron chi connectivity index (χ0n) is 15.3. The Hall–Kier alpha value is -1.94. The molecule has 0 radical (unpaired) electrons. The lowest BCUT2D eigenvalue weighted by atomic mass is 9.94. The van der Waals surface area contributed by atoms with Crippen LogP contribution in [0.25, 0.3) is 0 Å². The van der Waals surface area contributed by atoms with E-state index in [9.17, 15) is 35.9 Å². The minimum Gasteiger partial charge on any atom is -0.460 e. The molecule has 5 nitrogen and oxygen atoms in total. The normalized spacial score (nSPS) is 25.0. The molecule has 0 saturated heterocycles. The van der Waals surface area contributed by atoms with Crippen LogP contribution in [0.15, 0.2) is 12.2 Å². The van der Waals surface area contributed by atoms with E-state index in [0.29, 0.717) is 6.42 Å². The number of ether oxygens (including phenoxy) is 3. The Kier molecular flexibility index (Phi) is 5.70. The average Bonchev–Trinajstić information content (AvgIpc) is 3.09. The van der Waals surface area contributed by atoms with Crippen LogP contribution in [0.1, 0.15) is 33.6 Å². The van der Waals surface area contributed by atoms with Crippen LogP contribution >= 0.6 is 0 Å². The van der Waals surface area contributed by atoms with Gasteiger partial charge in [-0.1, -0.05) is 12.2 Å². The van der Waals surface area contributed by atoms with Crippen molar-refractivity contribution < 1.29 is 50.1 Å². The summed E-state index contributed by atoms with van der Waals surface area (Å²) in [6, 6.07) is 0. The van der Waals surface area contributed by atoms with Crippen molar-refractivity contribution in [1.82, 2.24) is 0 Å². The maximum Gasteiger partial charge on any atom is 0.510 e. The smallest absolute Gasteiger partial charge is 0.460 e. The molecule has 0 aromatic heterocycles. The molecule has 1 fully saturated rings. The molecule has 160 valence electrons. The summed E-state index contributed by atoms with van der Waals surface area (Å²) in [5.41, 5.74) is -6.43. The standard InChI is InChI=1S/C17H20F6O5/c1-14(2,3)27-13(25)28-15(16(18,19)20,17(21,22)23)8-26-12(24)11-7-9-4-5-10(11)6-9/h4-5,9-11H,6-8H2,1-3H3. The van der Waals surface area contributed by atoms with E-state index in [1.54, 1.807) is 6.08 Å². The number of fused-ring (bicyclic) bond motifs is 2. The van der Waals surface area contributed by atoms with Crippen LogP contribution in [0.5, 0.6) is 0 Å². The summed E-state index contributed by atoms with van der Waals surface area (Å²) in [7, 11) is 0. The van der Waals surface area contributed by atoms with Gasteiger partial charge in [-0.05, 0) is 45.4 Å². The van der Waals surface area contributed by atoms with Crippen molar-refractivity contribution in [1.29, 1.82) is 0 Å². The van der Waals surface area contributed by atoms with E-state index >= 15 is 0 Å². The number of hydrogen-bond donors (Lipinski definition) is 0. The van der Waals surface area contributed by atoms with Crippen LogP contribution < -0.4 is 0 Å². The fraction of sp³-hybridized carbons (Fsp3) is 0.765. The first-order chi connectivity index (χ1) is 12.6. The summed E-state index contributed by atoms with van der Waals surface area (Å²) in [6.45, 7) is 1.47. The van der Waals surface area contributed by atoms with E-state index in [-0.39, 0.29) is 18.3 Å².